The smallest absolute Gasteiger partial charge is 0.338 e. The first-order valence-electron chi connectivity index (χ1n) is 16.4. The van der Waals surface area contributed by atoms with Gasteiger partial charge in [-0.25, -0.2) is 9.59 Å². The second-order valence-corrected chi connectivity index (χ2v) is 11.0. The van der Waals surface area contributed by atoms with Crippen LogP contribution in [-0.2, 0) is 9.47 Å². The minimum absolute atomic E-state index is 0.344. The molecule has 0 radical (unpaired) electrons. The molecule has 0 saturated heterocycles. The second kappa shape index (κ2) is 24.8. The Morgan fingerprint density at radius 2 is 0.825 bits per heavy atom. The Morgan fingerprint density at radius 3 is 1.18 bits per heavy atom. The molecule has 0 amide bonds. The molecular weight excluding hydrogens is 500 g/mol. The van der Waals surface area contributed by atoms with Gasteiger partial charge in [-0.3, -0.25) is 0 Å². The average Bonchev–Trinajstić information content (AvgIpc) is 2.98. The van der Waals surface area contributed by atoms with Crippen molar-refractivity contribution in [3.05, 3.63) is 35.4 Å². The number of carbonyl (C=O) groups is 2. The topological polar surface area (TPSA) is 59.1 Å². The Hall–Kier alpha value is -1.92. The summed E-state index contributed by atoms with van der Waals surface area (Å²) in [5, 5.41) is 0. The van der Waals surface area contributed by atoms with Crippen LogP contribution in [0, 0.1) is 0 Å². The average molecular weight is 561 g/mol. The molecule has 1 rings (SSSR count). The monoisotopic (exact) mass is 560 g/mol. The molecule has 1 aromatic rings. The van der Waals surface area contributed by atoms with Gasteiger partial charge in [-0.1, -0.05) is 91.9 Å². The molecule has 0 unspecified atom stereocenters. The lowest BCUT2D eigenvalue weighted by atomic mass is 10.1. The van der Waals surface area contributed by atoms with Gasteiger partial charge in [0.25, 0.3) is 0 Å². The van der Waals surface area contributed by atoms with E-state index < -0.39 is 0 Å². The van der Waals surface area contributed by atoms with Crippen molar-refractivity contribution >= 4 is 11.9 Å². The van der Waals surface area contributed by atoms with E-state index in [4.69, 9.17) is 9.47 Å². The lowest BCUT2D eigenvalue weighted by Crippen LogP contribution is -2.27. The zero-order valence-corrected chi connectivity index (χ0v) is 26.4. The molecule has 0 N–H and O–H groups in total. The molecule has 0 aromatic heterocycles. The molecule has 230 valence electrons. The van der Waals surface area contributed by atoms with Gasteiger partial charge in [-0.05, 0) is 76.1 Å². The van der Waals surface area contributed by atoms with Crippen molar-refractivity contribution in [2.24, 2.45) is 0 Å². The number of esters is 2. The van der Waals surface area contributed by atoms with E-state index in [2.05, 4.69) is 37.5 Å². The number of ether oxygens (including phenoxy) is 2. The molecule has 0 bridgehead atoms. The first-order valence-corrected chi connectivity index (χ1v) is 16.4. The predicted octanol–water partition coefficient (Wildman–Crippen LogP) is 8.15. The van der Waals surface area contributed by atoms with Crippen LogP contribution in [0.15, 0.2) is 24.3 Å². The van der Waals surface area contributed by atoms with Crippen LogP contribution in [-0.4, -0.2) is 74.2 Å². The van der Waals surface area contributed by atoms with Crippen LogP contribution < -0.4 is 0 Å². The summed E-state index contributed by atoms with van der Waals surface area (Å²) < 4.78 is 10.9. The number of unbranched alkanes of at least 4 members (excludes halogenated alkanes) is 10. The van der Waals surface area contributed by atoms with Gasteiger partial charge in [0.05, 0.1) is 24.3 Å². The lowest BCUT2D eigenvalue weighted by Gasteiger charge is -2.20. The Morgan fingerprint density at radius 1 is 0.500 bits per heavy atom. The van der Waals surface area contributed by atoms with Crippen molar-refractivity contribution in [2.45, 2.75) is 118 Å². The highest BCUT2D eigenvalue weighted by Crippen LogP contribution is 2.10. The zero-order chi connectivity index (χ0) is 29.3. The van der Waals surface area contributed by atoms with Gasteiger partial charge in [0.1, 0.15) is 0 Å². The molecular formula is C34H60N2O4. The van der Waals surface area contributed by atoms with E-state index in [1.54, 1.807) is 24.3 Å². The molecule has 0 aliphatic rings. The summed E-state index contributed by atoms with van der Waals surface area (Å²) in [6, 6.07) is 6.59. The van der Waals surface area contributed by atoms with Crippen molar-refractivity contribution in [1.29, 1.82) is 0 Å². The molecule has 6 heteroatoms. The molecule has 6 nitrogen and oxygen atoms in total. The highest BCUT2D eigenvalue weighted by atomic mass is 16.5. The third-order valence-electron chi connectivity index (χ3n) is 7.61. The summed E-state index contributed by atoms with van der Waals surface area (Å²) in [4.78, 5) is 29.7. The summed E-state index contributed by atoms with van der Waals surface area (Å²) in [7, 11) is 0. The predicted molar refractivity (Wildman–Crippen MR) is 167 cm³/mol. The highest BCUT2D eigenvalue weighted by molar-refractivity contribution is 5.93. The van der Waals surface area contributed by atoms with Crippen molar-refractivity contribution in [2.75, 3.05) is 52.5 Å². The molecule has 0 aliphatic heterocycles. The minimum Gasteiger partial charge on any atom is -0.462 e. The van der Waals surface area contributed by atoms with E-state index in [0.717, 1.165) is 52.1 Å². The van der Waals surface area contributed by atoms with E-state index in [0.29, 0.717) is 24.3 Å². The Balaban J connectivity index is 2.22. The lowest BCUT2D eigenvalue weighted by molar-refractivity contribution is 0.0474. The minimum atomic E-state index is -0.344. The number of benzene rings is 1. The van der Waals surface area contributed by atoms with Crippen LogP contribution in [0.5, 0.6) is 0 Å². The van der Waals surface area contributed by atoms with E-state index in [-0.39, 0.29) is 11.9 Å². The SMILES string of the molecule is CCCCCCCCN(CC)CCCOC(=O)c1ccc(C(=O)OCCCN(CC)CCCCCCCC)cc1. The van der Waals surface area contributed by atoms with Gasteiger partial charge in [-0.2, -0.15) is 0 Å². The Bertz CT molecular complexity index is 690. The summed E-state index contributed by atoms with van der Waals surface area (Å²) in [6.45, 7) is 15.8. The molecule has 1 aromatic carbocycles. The fourth-order valence-electron chi connectivity index (χ4n) is 4.90. The van der Waals surface area contributed by atoms with Crippen molar-refractivity contribution in [3.8, 4) is 0 Å². The second-order valence-electron chi connectivity index (χ2n) is 11.0. The largest absolute Gasteiger partial charge is 0.462 e. The summed E-state index contributed by atoms with van der Waals surface area (Å²) in [5.41, 5.74) is 0.925. The van der Waals surface area contributed by atoms with Gasteiger partial charge in [0.2, 0.25) is 0 Å². The molecule has 40 heavy (non-hydrogen) atoms. The quantitative estimate of drug-likeness (QED) is 0.0842. The van der Waals surface area contributed by atoms with Crippen LogP contribution >= 0.6 is 0 Å². The third-order valence-corrected chi connectivity index (χ3v) is 7.61. The number of carbonyl (C=O) groups excluding carboxylic acids is 2. The van der Waals surface area contributed by atoms with Gasteiger partial charge in [0.15, 0.2) is 0 Å². The van der Waals surface area contributed by atoms with Gasteiger partial charge in [-0.15, -0.1) is 0 Å². The highest BCUT2D eigenvalue weighted by Gasteiger charge is 2.12. The van der Waals surface area contributed by atoms with E-state index >= 15 is 0 Å². The Labute approximate surface area is 246 Å². The maximum Gasteiger partial charge on any atom is 0.338 e. The fraction of sp³-hybridized carbons (Fsp3) is 0.765. The number of nitrogens with zero attached hydrogens (tertiary/aromatic N) is 2. The van der Waals surface area contributed by atoms with Gasteiger partial charge >= 0.3 is 11.9 Å². The van der Waals surface area contributed by atoms with Crippen LogP contribution in [0.3, 0.4) is 0 Å². The van der Waals surface area contributed by atoms with Gasteiger partial charge in [0, 0.05) is 13.1 Å². The summed E-state index contributed by atoms with van der Waals surface area (Å²) >= 11 is 0. The van der Waals surface area contributed by atoms with E-state index in [9.17, 15) is 9.59 Å². The van der Waals surface area contributed by atoms with Crippen molar-refractivity contribution in [1.82, 2.24) is 9.80 Å². The summed E-state index contributed by atoms with van der Waals surface area (Å²) in [5.74, 6) is -0.687. The van der Waals surface area contributed by atoms with E-state index in [1.807, 2.05) is 0 Å². The number of hydrogen-bond donors (Lipinski definition) is 0. The van der Waals surface area contributed by atoms with Crippen molar-refractivity contribution in [3.63, 3.8) is 0 Å². The number of rotatable bonds is 26. The van der Waals surface area contributed by atoms with Crippen LogP contribution in [0.25, 0.3) is 0 Å². The van der Waals surface area contributed by atoms with Crippen LogP contribution in [0.2, 0.25) is 0 Å². The standard InChI is InChI=1S/C34H60N2O4/c1-5-9-11-13-15-17-25-35(7-3)27-19-29-39-33(37)31-21-23-32(24-22-31)34(38)40-30-20-28-36(8-4)26-18-16-14-12-10-6-2/h21-24H,5-20,25-30H2,1-4H3. The Kier molecular flexibility index (Phi) is 22.4. The zero-order valence-electron chi connectivity index (χ0n) is 26.4. The van der Waals surface area contributed by atoms with Crippen molar-refractivity contribution < 1.29 is 19.1 Å². The maximum atomic E-state index is 12.4. The van der Waals surface area contributed by atoms with Gasteiger partial charge < -0.3 is 19.3 Å². The van der Waals surface area contributed by atoms with Crippen LogP contribution in [0.4, 0.5) is 0 Å². The van der Waals surface area contributed by atoms with E-state index in [1.165, 1.54) is 77.0 Å². The fourth-order valence-corrected chi connectivity index (χ4v) is 4.90. The maximum absolute atomic E-state index is 12.4. The molecule has 0 fully saturated rings. The molecule has 0 spiro atoms. The van der Waals surface area contributed by atoms with Crippen LogP contribution in [0.1, 0.15) is 138 Å². The third kappa shape index (κ3) is 17.7. The first-order chi connectivity index (χ1) is 19.5. The first kappa shape index (κ1) is 36.1. The molecule has 0 aliphatic carbocycles. The number of hydrogen-bond acceptors (Lipinski definition) is 6. The normalized spacial score (nSPS) is 11.3. The molecule has 0 atom stereocenters. The molecule has 0 heterocycles. The molecule has 0 saturated carbocycles. The summed E-state index contributed by atoms with van der Waals surface area (Å²) in [6.07, 6.45) is 17.3.